The molecule has 1 aromatic rings. The molecule has 1 rings (SSSR count). The smallest absolute Gasteiger partial charge is 0.191 e. The highest BCUT2D eigenvalue weighted by molar-refractivity contribution is 6.74. The fraction of sp³-hybridized carbons (Fsp3) is 0.647. The summed E-state index contributed by atoms with van der Waals surface area (Å²) in [5, 5.41) is 14.1. The van der Waals surface area contributed by atoms with E-state index in [1.807, 2.05) is 31.2 Å². The molecular weight excluding hydrogens is 322 g/mol. The van der Waals surface area contributed by atoms with Gasteiger partial charge < -0.3 is 14.3 Å². The van der Waals surface area contributed by atoms with Gasteiger partial charge in [-0.1, -0.05) is 44.1 Å². The number of aryl methyl sites for hydroxylation is 1. The Morgan fingerprint density at radius 1 is 1.25 bits per heavy atom. The zero-order valence-electron chi connectivity index (χ0n) is 15.5. The number of hydrogen-bond acceptors (Lipinski definition) is 4. The highest BCUT2D eigenvalue weighted by atomic mass is 28.4. The molecule has 24 heavy (non-hydrogen) atoms. The Labute approximate surface area is 145 Å². The summed E-state index contributed by atoms with van der Waals surface area (Å²) in [6, 6.07) is 6.91. The van der Waals surface area contributed by atoms with Gasteiger partial charge in [0.15, 0.2) is 8.32 Å². The summed E-state index contributed by atoms with van der Waals surface area (Å²) in [6.07, 6.45) is -0.926. The summed E-state index contributed by atoms with van der Waals surface area (Å²) >= 11 is 0. The molecule has 0 aliphatic carbocycles. The van der Waals surface area contributed by atoms with Crippen LogP contribution in [0.25, 0.3) is 10.4 Å². The maximum atomic E-state index is 10.3. The highest BCUT2D eigenvalue weighted by Crippen LogP contribution is 2.36. The maximum Gasteiger partial charge on any atom is 0.191 e. The van der Waals surface area contributed by atoms with Gasteiger partial charge in [-0.25, -0.2) is 0 Å². The molecule has 134 valence electrons. The fourth-order valence-electron chi connectivity index (χ4n) is 1.80. The summed E-state index contributed by atoms with van der Waals surface area (Å²) in [5.74, 6) is 0.710. The van der Waals surface area contributed by atoms with E-state index in [4.69, 9.17) is 14.7 Å². The van der Waals surface area contributed by atoms with Gasteiger partial charge >= 0.3 is 0 Å². The lowest BCUT2D eigenvalue weighted by Gasteiger charge is -2.37. The third kappa shape index (κ3) is 5.83. The topological polar surface area (TPSA) is 87.5 Å². The molecule has 0 saturated heterocycles. The van der Waals surface area contributed by atoms with E-state index in [-0.39, 0.29) is 18.3 Å². The monoisotopic (exact) mass is 351 g/mol. The Balaban J connectivity index is 2.67. The van der Waals surface area contributed by atoms with E-state index in [0.717, 1.165) is 5.56 Å². The molecule has 0 heterocycles. The van der Waals surface area contributed by atoms with Crippen LogP contribution >= 0.6 is 0 Å². The number of para-hydroxylation sites is 1. The first-order valence-corrected chi connectivity index (χ1v) is 11.0. The third-order valence-electron chi connectivity index (χ3n) is 4.57. The standard InChI is InChI=1S/C17H29N3O3Si/c1-13-9-7-8-10-16(13)22-12-15(21)14(19-20-18)11-23-24(5,6)17(2,3)4/h7-10,14-15,21H,11-12H2,1-6H3/t14-,15+/m0/s1. The Bertz CT molecular complexity index is 581. The van der Waals surface area contributed by atoms with Crippen LogP contribution in [0.2, 0.25) is 18.1 Å². The van der Waals surface area contributed by atoms with Crippen LogP contribution in [0.3, 0.4) is 0 Å². The molecule has 0 fully saturated rings. The molecule has 2 atom stereocenters. The van der Waals surface area contributed by atoms with Gasteiger partial charge in [0.2, 0.25) is 0 Å². The van der Waals surface area contributed by atoms with Crippen molar-refractivity contribution in [2.45, 2.75) is 58.0 Å². The van der Waals surface area contributed by atoms with E-state index in [0.29, 0.717) is 5.75 Å². The number of azide groups is 1. The Hall–Kier alpha value is -1.53. The van der Waals surface area contributed by atoms with Gasteiger partial charge in [0, 0.05) is 11.5 Å². The number of aliphatic hydroxyl groups is 1. The molecular formula is C17H29N3O3Si. The van der Waals surface area contributed by atoms with Crippen molar-refractivity contribution in [3.8, 4) is 5.75 Å². The molecule has 0 aliphatic heterocycles. The third-order valence-corrected chi connectivity index (χ3v) is 9.07. The van der Waals surface area contributed by atoms with E-state index in [1.165, 1.54) is 0 Å². The summed E-state index contributed by atoms with van der Waals surface area (Å²) in [7, 11) is -1.97. The van der Waals surface area contributed by atoms with Crippen LogP contribution < -0.4 is 4.74 Å². The van der Waals surface area contributed by atoms with Gasteiger partial charge in [-0.05, 0) is 42.2 Å². The maximum absolute atomic E-state index is 10.3. The van der Waals surface area contributed by atoms with Crippen molar-refractivity contribution in [3.63, 3.8) is 0 Å². The molecule has 1 aromatic carbocycles. The van der Waals surface area contributed by atoms with Crippen molar-refractivity contribution < 1.29 is 14.3 Å². The summed E-state index contributed by atoms with van der Waals surface area (Å²) in [5.41, 5.74) is 9.75. The van der Waals surface area contributed by atoms with E-state index < -0.39 is 20.5 Å². The van der Waals surface area contributed by atoms with Crippen molar-refractivity contribution in [1.29, 1.82) is 0 Å². The van der Waals surface area contributed by atoms with Gasteiger partial charge in [-0.15, -0.1) is 0 Å². The van der Waals surface area contributed by atoms with Gasteiger partial charge in [0.05, 0.1) is 12.1 Å². The number of hydrogen-bond donors (Lipinski definition) is 1. The minimum atomic E-state index is -1.97. The van der Waals surface area contributed by atoms with Crippen LogP contribution in [0.5, 0.6) is 5.75 Å². The molecule has 0 bridgehead atoms. The second-order valence-electron chi connectivity index (χ2n) is 7.49. The molecule has 0 unspecified atom stereocenters. The molecule has 0 saturated carbocycles. The van der Waals surface area contributed by atoms with Crippen molar-refractivity contribution >= 4 is 8.32 Å². The second-order valence-corrected chi connectivity index (χ2v) is 12.3. The molecule has 7 heteroatoms. The van der Waals surface area contributed by atoms with Crippen LogP contribution in [0.1, 0.15) is 26.3 Å². The van der Waals surface area contributed by atoms with Gasteiger partial charge in [-0.2, -0.15) is 0 Å². The quantitative estimate of drug-likeness (QED) is 0.325. The predicted octanol–water partition coefficient (Wildman–Crippen LogP) is 4.44. The first kappa shape index (κ1) is 20.5. The van der Waals surface area contributed by atoms with Crippen LogP contribution in [0.15, 0.2) is 29.4 Å². The van der Waals surface area contributed by atoms with E-state index in [9.17, 15) is 5.11 Å². The average molecular weight is 352 g/mol. The predicted molar refractivity (Wildman–Crippen MR) is 98.8 cm³/mol. The number of aliphatic hydroxyl groups excluding tert-OH is 1. The van der Waals surface area contributed by atoms with E-state index in [2.05, 4.69) is 43.9 Å². The Kier molecular flexibility index (Phi) is 7.29. The van der Waals surface area contributed by atoms with Crippen molar-refractivity contribution in [2.75, 3.05) is 13.2 Å². The molecule has 1 N–H and O–H groups in total. The number of ether oxygens (including phenoxy) is 1. The Morgan fingerprint density at radius 2 is 1.88 bits per heavy atom. The minimum Gasteiger partial charge on any atom is -0.491 e. The van der Waals surface area contributed by atoms with Crippen LogP contribution in [0, 0.1) is 6.92 Å². The van der Waals surface area contributed by atoms with Gasteiger partial charge in [-0.3, -0.25) is 0 Å². The van der Waals surface area contributed by atoms with Crippen LogP contribution in [-0.4, -0.2) is 38.8 Å². The second kappa shape index (κ2) is 8.53. The molecule has 0 amide bonds. The molecule has 0 spiro atoms. The summed E-state index contributed by atoms with van der Waals surface area (Å²) in [4.78, 5) is 2.84. The van der Waals surface area contributed by atoms with Crippen molar-refractivity contribution in [1.82, 2.24) is 0 Å². The summed E-state index contributed by atoms with van der Waals surface area (Å²) < 4.78 is 11.7. The number of rotatable bonds is 8. The molecule has 6 nitrogen and oxygen atoms in total. The first-order valence-electron chi connectivity index (χ1n) is 8.13. The largest absolute Gasteiger partial charge is 0.491 e. The molecule has 0 radical (unpaired) electrons. The van der Waals surface area contributed by atoms with Gasteiger partial charge in [0.25, 0.3) is 0 Å². The Morgan fingerprint density at radius 3 is 2.42 bits per heavy atom. The van der Waals surface area contributed by atoms with Crippen molar-refractivity contribution in [3.05, 3.63) is 40.3 Å². The number of benzene rings is 1. The molecule has 0 aromatic heterocycles. The zero-order chi connectivity index (χ0) is 18.4. The van der Waals surface area contributed by atoms with E-state index in [1.54, 1.807) is 0 Å². The van der Waals surface area contributed by atoms with Crippen molar-refractivity contribution in [2.24, 2.45) is 5.11 Å². The SMILES string of the molecule is Cc1ccccc1OC[C@@H](O)[C@H](CO[Si](C)(C)C(C)(C)C)N=[N+]=[N-]. The number of nitrogens with zero attached hydrogens (tertiary/aromatic N) is 3. The first-order chi connectivity index (χ1) is 11.1. The lowest BCUT2D eigenvalue weighted by Crippen LogP contribution is -2.44. The lowest BCUT2D eigenvalue weighted by atomic mass is 10.2. The van der Waals surface area contributed by atoms with E-state index >= 15 is 0 Å². The van der Waals surface area contributed by atoms with Gasteiger partial charge in [0.1, 0.15) is 12.4 Å². The zero-order valence-corrected chi connectivity index (χ0v) is 16.5. The normalized spacial score (nSPS) is 14.6. The fourth-order valence-corrected chi connectivity index (χ4v) is 2.82. The van der Waals surface area contributed by atoms with Crippen LogP contribution in [-0.2, 0) is 4.43 Å². The average Bonchev–Trinajstić information content (AvgIpc) is 2.49. The minimum absolute atomic E-state index is 0.0510. The van der Waals surface area contributed by atoms with Crippen LogP contribution in [0.4, 0.5) is 0 Å². The lowest BCUT2D eigenvalue weighted by molar-refractivity contribution is 0.0658. The molecule has 0 aliphatic rings. The highest BCUT2D eigenvalue weighted by Gasteiger charge is 2.38. The summed E-state index contributed by atoms with van der Waals surface area (Å²) in [6.45, 7) is 12.8.